The summed E-state index contributed by atoms with van der Waals surface area (Å²) in [4.78, 5) is 4.08. The quantitative estimate of drug-likeness (QED) is 0.409. The van der Waals surface area contributed by atoms with Gasteiger partial charge in [0, 0.05) is 18.8 Å². The number of nitrogens with one attached hydrogen (secondary N) is 2. The normalized spacial score (nSPS) is 21.7. The van der Waals surface area contributed by atoms with Crippen molar-refractivity contribution in [1.29, 1.82) is 0 Å². The molecule has 0 aromatic rings. The van der Waals surface area contributed by atoms with Crippen molar-refractivity contribution in [1.82, 2.24) is 10.6 Å². The van der Waals surface area contributed by atoms with Crippen LogP contribution in [0.15, 0.2) is 4.99 Å². The van der Waals surface area contributed by atoms with Crippen molar-refractivity contribution in [2.75, 3.05) is 25.9 Å². The summed E-state index contributed by atoms with van der Waals surface area (Å²) in [7, 11) is 1.76. The van der Waals surface area contributed by atoms with Crippen LogP contribution in [0.5, 0.6) is 0 Å². The first kappa shape index (κ1) is 11.3. The fraction of sp³-hybridized carbons (Fsp3) is 0.700. The highest BCUT2D eigenvalue weighted by Crippen LogP contribution is 2.24. The number of terminal acetylenes is 1. The molecule has 1 atom stereocenters. The Morgan fingerprint density at radius 1 is 1.64 bits per heavy atom. The number of nitrogens with zero attached hydrogens (tertiary/aromatic N) is 1. The SMILES string of the molecule is C#CCNC(=NC)NCC1CCCS1. The number of guanidine groups is 1. The van der Waals surface area contributed by atoms with E-state index in [1.165, 1.54) is 18.6 Å². The Hall–Kier alpha value is -0.820. The van der Waals surface area contributed by atoms with E-state index < -0.39 is 0 Å². The third kappa shape index (κ3) is 3.93. The first-order valence-corrected chi connectivity index (χ1v) is 5.91. The predicted molar refractivity (Wildman–Crippen MR) is 63.7 cm³/mol. The summed E-state index contributed by atoms with van der Waals surface area (Å²) in [6, 6.07) is 0. The Balaban J connectivity index is 2.17. The highest BCUT2D eigenvalue weighted by Gasteiger charge is 2.15. The minimum atomic E-state index is 0.525. The summed E-state index contributed by atoms with van der Waals surface area (Å²) in [5, 5.41) is 7.04. The van der Waals surface area contributed by atoms with Crippen molar-refractivity contribution >= 4 is 17.7 Å². The van der Waals surface area contributed by atoms with Crippen molar-refractivity contribution < 1.29 is 0 Å². The Bertz CT molecular complexity index is 226. The maximum atomic E-state index is 5.15. The van der Waals surface area contributed by atoms with Crippen LogP contribution in [-0.4, -0.2) is 37.1 Å². The summed E-state index contributed by atoms with van der Waals surface area (Å²) in [6.07, 6.45) is 7.80. The van der Waals surface area contributed by atoms with Gasteiger partial charge in [0.1, 0.15) is 0 Å². The van der Waals surface area contributed by atoms with E-state index in [2.05, 4.69) is 21.5 Å². The van der Waals surface area contributed by atoms with Gasteiger partial charge in [0.05, 0.1) is 6.54 Å². The van der Waals surface area contributed by atoms with Gasteiger partial charge in [-0.3, -0.25) is 4.99 Å². The zero-order chi connectivity index (χ0) is 10.2. The Kier molecular flexibility index (Phi) is 5.31. The third-order valence-corrected chi connectivity index (χ3v) is 3.50. The molecule has 0 bridgehead atoms. The molecular weight excluding hydrogens is 194 g/mol. The molecule has 0 aromatic carbocycles. The fourth-order valence-corrected chi connectivity index (χ4v) is 2.57. The molecule has 1 unspecified atom stereocenters. The largest absolute Gasteiger partial charge is 0.355 e. The molecular formula is C10H17N3S. The van der Waals surface area contributed by atoms with E-state index in [0.717, 1.165) is 17.8 Å². The van der Waals surface area contributed by atoms with Gasteiger partial charge < -0.3 is 10.6 Å². The Morgan fingerprint density at radius 2 is 2.50 bits per heavy atom. The lowest BCUT2D eigenvalue weighted by atomic mass is 10.2. The summed E-state index contributed by atoms with van der Waals surface area (Å²) >= 11 is 2.03. The van der Waals surface area contributed by atoms with E-state index in [4.69, 9.17) is 6.42 Å². The smallest absolute Gasteiger partial charge is 0.191 e. The van der Waals surface area contributed by atoms with Crippen LogP contribution in [0.2, 0.25) is 0 Å². The zero-order valence-corrected chi connectivity index (χ0v) is 9.36. The van der Waals surface area contributed by atoms with Gasteiger partial charge in [0.2, 0.25) is 0 Å². The van der Waals surface area contributed by atoms with Crippen LogP contribution in [0.3, 0.4) is 0 Å². The van der Waals surface area contributed by atoms with Crippen molar-refractivity contribution in [2.24, 2.45) is 4.99 Å². The molecule has 78 valence electrons. The van der Waals surface area contributed by atoms with E-state index in [-0.39, 0.29) is 0 Å². The Labute approximate surface area is 90.1 Å². The van der Waals surface area contributed by atoms with E-state index >= 15 is 0 Å². The molecule has 0 saturated carbocycles. The summed E-state index contributed by atoms with van der Waals surface area (Å²) in [5.41, 5.74) is 0. The molecule has 1 fully saturated rings. The van der Waals surface area contributed by atoms with Crippen LogP contribution in [-0.2, 0) is 0 Å². The lowest BCUT2D eigenvalue weighted by molar-refractivity contribution is 0.734. The van der Waals surface area contributed by atoms with Crippen molar-refractivity contribution in [3.8, 4) is 12.3 Å². The second kappa shape index (κ2) is 6.61. The number of hydrogen-bond donors (Lipinski definition) is 2. The number of rotatable bonds is 3. The van der Waals surface area contributed by atoms with Crippen LogP contribution >= 0.6 is 11.8 Å². The fourth-order valence-electron chi connectivity index (χ4n) is 1.37. The third-order valence-electron chi connectivity index (χ3n) is 2.10. The van der Waals surface area contributed by atoms with Gasteiger partial charge in [-0.15, -0.1) is 6.42 Å². The molecule has 0 aromatic heterocycles. The minimum absolute atomic E-state index is 0.525. The van der Waals surface area contributed by atoms with Gasteiger partial charge in [-0.05, 0) is 18.6 Å². The van der Waals surface area contributed by atoms with Gasteiger partial charge in [0.25, 0.3) is 0 Å². The standard InChI is InChI=1S/C10H17N3S/c1-3-6-12-10(11-2)13-8-9-5-4-7-14-9/h1,9H,4-8H2,2H3,(H2,11,12,13). The van der Waals surface area contributed by atoms with Crippen molar-refractivity contribution in [3.63, 3.8) is 0 Å². The van der Waals surface area contributed by atoms with E-state index in [0.29, 0.717) is 6.54 Å². The summed E-state index contributed by atoms with van der Waals surface area (Å²) < 4.78 is 0. The predicted octanol–water partition coefficient (Wildman–Crippen LogP) is 0.680. The van der Waals surface area contributed by atoms with Gasteiger partial charge in [-0.1, -0.05) is 5.92 Å². The monoisotopic (exact) mass is 211 g/mol. The summed E-state index contributed by atoms with van der Waals surface area (Å²) in [5.74, 6) is 4.62. The maximum Gasteiger partial charge on any atom is 0.191 e. The summed E-state index contributed by atoms with van der Waals surface area (Å²) in [6.45, 7) is 1.51. The van der Waals surface area contributed by atoms with Crippen molar-refractivity contribution in [3.05, 3.63) is 0 Å². The van der Waals surface area contributed by atoms with Gasteiger partial charge in [-0.25, -0.2) is 0 Å². The molecule has 0 spiro atoms. The zero-order valence-electron chi connectivity index (χ0n) is 8.55. The highest BCUT2D eigenvalue weighted by atomic mass is 32.2. The maximum absolute atomic E-state index is 5.15. The highest BCUT2D eigenvalue weighted by molar-refractivity contribution is 8.00. The second-order valence-corrected chi connectivity index (χ2v) is 4.55. The molecule has 14 heavy (non-hydrogen) atoms. The molecule has 3 nitrogen and oxygen atoms in total. The molecule has 0 amide bonds. The molecule has 1 saturated heterocycles. The molecule has 1 aliphatic heterocycles. The van der Waals surface area contributed by atoms with Crippen LogP contribution in [0.4, 0.5) is 0 Å². The average Bonchev–Trinajstić information content (AvgIpc) is 2.71. The van der Waals surface area contributed by atoms with Crippen LogP contribution in [0.25, 0.3) is 0 Å². The first-order valence-electron chi connectivity index (χ1n) is 4.86. The number of aliphatic imine (C=N–C) groups is 1. The molecule has 1 aliphatic rings. The minimum Gasteiger partial charge on any atom is -0.355 e. The van der Waals surface area contributed by atoms with E-state index in [1.54, 1.807) is 7.05 Å². The molecule has 1 rings (SSSR count). The number of hydrogen-bond acceptors (Lipinski definition) is 2. The lowest BCUT2D eigenvalue weighted by Gasteiger charge is -2.13. The first-order chi connectivity index (χ1) is 6.86. The molecule has 1 heterocycles. The lowest BCUT2D eigenvalue weighted by Crippen LogP contribution is -2.40. The molecule has 4 heteroatoms. The van der Waals surface area contributed by atoms with Gasteiger partial charge in [0.15, 0.2) is 5.96 Å². The van der Waals surface area contributed by atoms with E-state index in [9.17, 15) is 0 Å². The molecule has 2 N–H and O–H groups in total. The molecule has 0 radical (unpaired) electrons. The van der Waals surface area contributed by atoms with E-state index in [1.807, 2.05) is 11.8 Å². The van der Waals surface area contributed by atoms with Gasteiger partial charge in [-0.2, -0.15) is 11.8 Å². The topological polar surface area (TPSA) is 36.4 Å². The average molecular weight is 211 g/mol. The second-order valence-electron chi connectivity index (χ2n) is 3.15. The van der Waals surface area contributed by atoms with Crippen LogP contribution in [0.1, 0.15) is 12.8 Å². The molecule has 0 aliphatic carbocycles. The number of thioether (sulfide) groups is 1. The van der Waals surface area contributed by atoms with Gasteiger partial charge >= 0.3 is 0 Å². The Morgan fingerprint density at radius 3 is 3.07 bits per heavy atom. The van der Waals surface area contributed by atoms with Crippen molar-refractivity contribution in [2.45, 2.75) is 18.1 Å². The van der Waals surface area contributed by atoms with Crippen LogP contribution < -0.4 is 10.6 Å². The van der Waals surface area contributed by atoms with Crippen LogP contribution in [0, 0.1) is 12.3 Å².